The van der Waals surface area contributed by atoms with Crippen molar-refractivity contribution in [2.24, 2.45) is 5.92 Å². The Morgan fingerprint density at radius 1 is 1.29 bits per heavy atom. The molecule has 1 saturated heterocycles. The van der Waals surface area contributed by atoms with E-state index in [9.17, 15) is 4.79 Å². The predicted molar refractivity (Wildman–Crippen MR) is 81.1 cm³/mol. The quantitative estimate of drug-likeness (QED) is 0.811. The normalized spacial score (nSPS) is 16.1. The number of esters is 1. The second-order valence-corrected chi connectivity index (χ2v) is 5.23. The Balaban J connectivity index is 1.69. The molecule has 110 valence electrons. The number of nitrogens with zero attached hydrogens (tertiary/aromatic N) is 3. The zero-order chi connectivity index (χ0) is 14.7. The lowest BCUT2D eigenvalue weighted by atomic mass is 9.97. The fourth-order valence-corrected chi connectivity index (χ4v) is 2.70. The Bertz CT molecular complexity index is 636. The van der Waals surface area contributed by atoms with Crippen molar-refractivity contribution in [1.29, 1.82) is 0 Å². The molecule has 0 spiro atoms. The van der Waals surface area contributed by atoms with Gasteiger partial charge in [-0.3, -0.25) is 9.78 Å². The van der Waals surface area contributed by atoms with Gasteiger partial charge in [0, 0.05) is 13.1 Å². The van der Waals surface area contributed by atoms with Gasteiger partial charge in [0.15, 0.2) is 0 Å². The van der Waals surface area contributed by atoms with E-state index in [2.05, 4.69) is 14.9 Å². The molecule has 0 bridgehead atoms. The van der Waals surface area contributed by atoms with Crippen LogP contribution in [0, 0.1) is 5.92 Å². The second-order valence-electron chi connectivity index (χ2n) is 5.23. The number of piperidine rings is 1. The van der Waals surface area contributed by atoms with Gasteiger partial charge in [0.25, 0.3) is 0 Å². The van der Waals surface area contributed by atoms with Crippen LogP contribution in [0.4, 0.5) is 5.82 Å². The first kappa shape index (κ1) is 13.8. The Morgan fingerprint density at radius 3 is 2.71 bits per heavy atom. The standard InChI is InChI=1S/C16H19N3O2/c1-2-21-16(20)12-7-9-19(10-8-12)15-11-17-13-5-3-4-6-14(13)18-15/h3-6,11-12H,2,7-10H2,1H3. The fraction of sp³-hybridized carbons (Fsp3) is 0.438. The number of rotatable bonds is 3. The van der Waals surface area contributed by atoms with Crippen LogP contribution in [0.3, 0.4) is 0 Å². The maximum absolute atomic E-state index is 11.7. The topological polar surface area (TPSA) is 55.3 Å². The van der Waals surface area contributed by atoms with E-state index >= 15 is 0 Å². The van der Waals surface area contributed by atoms with Gasteiger partial charge in [-0.1, -0.05) is 12.1 Å². The summed E-state index contributed by atoms with van der Waals surface area (Å²) in [5, 5.41) is 0. The lowest BCUT2D eigenvalue weighted by Gasteiger charge is -2.31. The lowest BCUT2D eigenvalue weighted by Crippen LogP contribution is -2.37. The van der Waals surface area contributed by atoms with Crippen LogP contribution in [-0.2, 0) is 9.53 Å². The highest BCUT2D eigenvalue weighted by Gasteiger charge is 2.26. The summed E-state index contributed by atoms with van der Waals surface area (Å²) in [4.78, 5) is 23.0. The van der Waals surface area contributed by atoms with Crippen molar-refractivity contribution in [1.82, 2.24) is 9.97 Å². The molecule has 3 rings (SSSR count). The minimum absolute atomic E-state index is 0.0228. The van der Waals surface area contributed by atoms with Crippen molar-refractivity contribution in [2.75, 3.05) is 24.6 Å². The predicted octanol–water partition coefficient (Wildman–Crippen LogP) is 2.41. The lowest BCUT2D eigenvalue weighted by molar-refractivity contribution is -0.148. The molecule has 0 amide bonds. The molecule has 1 aliphatic rings. The number of fused-ring (bicyclic) bond motifs is 1. The SMILES string of the molecule is CCOC(=O)C1CCN(c2cnc3ccccc3n2)CC1. The highest BCUT2D eigenvalue weighted by atomic mass is 16.5. The van der Waals surface area contributed by atoms with E-state index in [0.717, 1.165) is 42.8 Å². The summed E-state index contributed by atoms with van der Waals surface area (Å²) in [5.41, 5.74) is 1.81. The number of ether oxygens (including phenoxy) is 1. The summed E-state index contributed by atoms with van der Waals surface area (Å²) in [6, 6.07) is 7.85. The number of carbonyl (C=O) groups is 1. The molecule has 0 saturated carbocycles. The van der Waals surface area contributed by atoms with Crippen molar-refractivity contribution < 1.29 is 9.53 Å². The largest absolute Gasteiger partial charge is 0.466 e. The Labute approximate surface area is 124 Å². The molecule has 1 aliphatic heterocycles. The summed E-state index contributed by atoms with van der Waals surface area (Å²) in [7, 11) is 0. The van der Waals surface area contributed by atoms with Crippen molar-refractivity contribution >= 4 is 22.8 Å². The molecular formula is C16H19N3O2. The van der Waals surface area contributed by atoms with E-state index < -0.39 is 0 Å². The zero-order valence-corrected chi connectivity index (χ0v) is 12.2. The van der Waals surface area contributed by atoms with Gasteiger partial charge in [0.05, 0.1) is 29.8 Å². The van der Waals surface area contributed by atoms with E-state index in [4.69, 9.17) is 4.74 Å². The number of carbonyl (C=O) groups excluding carboxylic acids is 1. The number of anilines is 1. The van der Waals surface area contributed by atoms with E-state index in [1.165, 1.54) is 0 Å². The van der Waals surface area contributed by atoms with Gasteiger partial charge >= 0.3 is 5.97 Å². The van der Waals surface area contributed by atoms with Gasteiger partial charge in [-0.05, 0) is 31.9 Å². The van der Waals surface area contributed by atoms with Gasteiger partial charge in [-0.25, -0.2) is 4.98 Å². The van der Waals surface area contributed by atoms with Crippen LogP contribution in [0.15, 0.2) is 30.5 Å². The molecule has 1 fully saturated rings. The van der Waals surface area contributed by atoms with Gasteiger partial charge < -0.3 is 9.64 Å². The van der Waals surface area contributed by atoms with Crippen LogP contribution in [0.1, 0.15) is 19.8 Å². The van der Waals surface area contributed by atoms with Crippen LogP contribution in [-0.4, -0.2) is 35.6 Å². The van der Waals surface area contributed by atoms with E-state index in [-0.39, 0.29) is 11.9 Å². The number of hydrogen-bond donors (Lipinski definition) is 0. The molecule has 1 aromatic heterocycles. The van der Waals surface area contributed by atoms with Crippen LogP contribution in [0.2, 0.25) is 0 Å². The molecule has 2 heterocycles. The first-order chi connectivity index (χ1) is 10.3. The first-order valence-electron chi connectivity index (χ1n) is 7.41. The molecule has 0 radical (unpaired) electrons. The third-order valence-electron chi connectivity index (χ3n) is 3.87. The van der Waals surface area contributed by atoms with Gasteiger partial charge in [0.2, 0.25) is 0 Å². The molecule has 0 unspecified atom stereocenters. The summed E-state index contributed by atoms with van der Waals surface area (Å²) >= 11 is 0. The maximum atomic E-state index is 11.7. The number of aromatic nitrogens is 2. The third kappa shape index (κ3) is 2.96. The highest BCUT2D eigenvalue weighted by molar-refractivity contribution is 5.75. The van der Waals surface area contributed by atoms with E-state index in [1.54, 1.807) is 0 Å². The van der Waals surface area contributed by atoms with Crippen LogP contribution >= 0.6 is 0 Å². The second kappa shape index (κ2) is 6.08. The van der Waals surface area contributed by atoms with Crippen LogP contribution in [0.25, 0.3) is 11.0 Å². The zero-order valence-electron chi connectivity index (χ0n) is 12.2. The Hall–Kier alpha value is -2.17. The molecule has 2 aromatic rings. The van der Waals surface area contributed by atoms with Gasteiger partial charge in [0.1, 0.15) is 5.82 Å². The molecule has 21 heavy (non-hydrogen) atoms. The van der Waals surface area contributed by atoms with Crippen molar-refractivity contribution in [3.8, 4) is 0 Å². The molecule has 1 aromatic carbocycles. The molecule has 5 nitrogen and oxygen atoms in total. The summed E-state index contributed by atoms with van der Waals surface area (Å²) < 4.78 is 5.09. The van der Waals surface area contributed by atoms with Gasteiger partial charge in [-0.2, -0.15) is 0 Å². The van der Waals surface area contributed by atoms with Crippen LogP contribution < -0.4 is 4.90 Å². The number of para-hydroxylation sites is 2. The molecule has 0 atom stereocenters. The van der Waals surface area contributed by atoms with Crippen molar-refractivity contribution in [2.45, 2.75) is 19.8 Å². The minimum atomic E-state index is -0.0678. The number of hydrogen-bond acceptors (Lipinski definition) is 5. The van der Waals surface area contributed by atoms with E-state index in [1.807, 2.05) is 37.4 Å². The monoisotopic (exact) mass is 285 g/mol. The molecule has 0 aliphatic carbocycles. The van der Waals surface area contributed by atoms with E-state index in [0.29, 0.717) is 6.61 Å². The van der Waals surface area contributed by atoms with Crippen molar-refractivity contribution in [3.05, 3.63) is 30.5 Å². The average Bonchev–Trinajstić information content (AvgIpc) is 2.55. The van der Waals surface area contributed by atoms with Gasteiger partial charge in [-0.15, -0.1) is 0 Å². The molecule has 0 N–H and O–H groups in total. The fourth-order valence-electron chi connectivity index (χ4n) is 2.70. The summed E-state index contributed by atoms with van der Waals surface area (Å²) in [5.74, 6) is 0.840. The highest BCUT2D eigenvalue weighted by Crippen LogP contribution is 2.23. The summed E-state index contributed by atoms with van der Waals surface area (Å²) in [6.45, 7) is 3.93. The first-order valence-corrected chi connectivity index (χ1v) is 7.41. The maximum Gasteiger partial charge on any atom is 0.309 e. The third-order valence-corrected chi connectivity index (χ3v) is 3.87. The molecule has 5 heteroatoms. The average molecular weight is 285 g/mol. The minimum Gasteiger partial charge on any atom is -0.466 e. The molecular weight excluding hydrogens is 266 g/mol. The van der Waals surface area contributed by atoms with Crippen LogP contribution in [0.5, 0.6) is 0 Å². The summed E-state index contributed by atoms with van der Waals surface area (Å²) in [6.07, 6.45) is 3.44. The number of benzene rings is 1. The smallest absolute Gasteiger partial charge is 0.309 e. The Kier molecular flexibility index (Phi) is 3.99. The van der Waals surface area contributed by atoms with Crippen molar-refractivity contribution in [3.63, 3.8) is 0 Å². The Morgan fingerprint density at radius 2 is 2.00 bits per heavy atom.